The molecule has 2 aromatic carbocycles. The first-order chi connectivity index (χ1) is 13.6. The van der Waals surface area contributed by atoms with E-state index in [4.69, 9.17) is 0 Å². The normalized spacial score (nSPS) is 13.6. The predicted molar refractivity (Wildman–Crippen MR) is 115 cm³/mol. The Kier molecular flexibility index (Phi) is 6.80. The molecule has 0 unspecified atom stereocenters. The summed E-state index contributed by atoms with van der Waals surface area (Å²) in [5.41, 5.74) is 4.63. The largest absolute Gasteiger partial charge is 0.508 e. The number of nitrogens with one attached hydrogen (secondary N) is 1. The highest BCUT2D eigenvalue weighted by Crippen LogP contribution is 2.29. The number of rotatable bonds is 7. The van der Waals surface area contributed by atoms with Crippen LogP contribution in [0.5, 0.6) is 5.75 Å². The van der Waals surface area contributed by atoms with E-state index in [9.17, 15) is 9.90 Å². The highest BCUT2D eigenvalue weighted by atomic mass is 16.3. The number of benzene rings is 2. The highest BCUT2D eigenvalue weighted by molar-refractivity contribution is 5.82. The van der Waals surface area contributed by atoms with Crippen molar-refractivity contribution in [2.45, 2.75) is 33.1 Å². The Morgan fingerprint density at radius 3 is 2.86 bits per heavy atom. The number of carbonyl (C=O) groups excluding carboxylic acids is 1. The third-order valence-corrected chi connectivity index (χ3v) is 5.31. The maximum absolute atomic E-state index is 12.5. The van der Waals surface area contributed by atoms with Crippen LogP contribution in [0.4, 0.5) is 11.4 Å². The summed E-state index contributed by atoms with van der Waals surface area (Å²) in [5.74, 6) is 0.335. The number of fused-ring (bicyclic) bond motifs is 1. The summed E-state index contributed by atoms with van der Waals surface area (Å²) in [6.07, 6.45) is 3.08. The molecular formula is C23H31N3O2. The highest BCUT2D eigenvalue weighted by Gasteiger charge is 2.18. The van der Waals surface area contributed by atoms with Gasteiger partial charge in [-0.25, -0.2) is 0 Å². The number of nitrogens with zero attached hydrogens (tertiary/aromatic N) is 2. The molecule has 1 amide bonds. The molecule has 28 heavy (non-hydrogen) atoms. The number of phenols is 1. The van der Waals surface area contributed by atoms with Crippen molar-refractivity contribution < 1.29 is 9.90 Å². The number of hydrogen-bond acceptors (Lipinski definition) is 4. The van der Waals surface area contributed by atoms with Gasteiger partial charge in [-0.3, -0.25) is 4.79 Å². The van der Waals surface area contributed by atoms with Crippen LogP contribution < -0.4 is 15.1 Å². The van der Waals surface area contributed by atoms with Gasteiger partial charge in [-0.05, 0) is 74.6 Å². The van der Waals surface area contributed by atoms with E-state index in [2.05, 4.69) is 53.2 Å². The number of aromatic hydroxyl groups is 1. The van der Waals surface area contributed by atoms with Crippen molar-refractivity contribution in [2.75, 3.05) is 42.5 Å². The molecule has 2 N–H and O–H groups in total. The zero-order valence-corrected chi connectivity index (χ0v) is 16.9. The van der Waals surface area contributed by atoms with Crippen LogP contribution in [0.3, 0.4) is 0 Å². The van der Waals surface area contributed by atoms with E-state index in [-0.39, 0.29) is 5.91 Å². The summed E-state index contributed by atoms with van der Waals surface area (Å²) in [6, 6.07) is 13.9. The molecule has 0 saturated heterocycles. The van der Waals surface area contributed by atoms with Gasteiger partial charge in [0.25, 0.3) is 0 Å². The van der Waals surface area contributed by atoms with Gasteiger partial charge in [0.15, 0.2) is 0 Å². The molecule has 150 valence electrons. The molecule has 0 aliphatic carbocycles. The minimum atomic E-state index is 0.0428. The van der Waals surface area contributed by atoms with Gasteiger partial charge >= 0.3 is 0 Å². The van der Waals surface area contributed by atoms with Crippen LogP contribution >= 0.6 is 0 Å². The lowest BCUT2D eigenvalue weighted by Gasteiger charge is -2.26. The third kappa shape index (κ3) is 5.18. The van der Waals surface area contributed by atoms with E-state index < -0.39 is 0 Å². The summed E-state index contributed by atoms with van der Waals surface area (Å²) in [7, 11) is 0. The average Bonchev–Trinajstić information content (AvgIpc) is 2.87. The van der Waals surface area contributed by atoms with Gasteiger partial charge in [0.2, 0.25) is 5.91 Å². The number of amides is 1. The first kappa shape index (κ1) is 20.1. The minimum Gasteiger partial charge on any atom is -0.508 e. The van der Waals surface area contributed by atoms with Crippen LogP contribution in [-0.2, 0) is 11.2 Å². The van der Waals surface area contributed by atoms with Crippen molar-refractivity contribution in [2.24, 2.45) is 0 Å². The first-order valence-electron chi connectivity index (χ1n) is 10.2. The summed E-state index contributed by atoms with van der Waals surface area (Å²) >= 11 is 0. The van der Waals surface area contributed by atoms with Crippen LogP contribution in [0.15, 0.2) is 42.5 Å². The zero-order valence-electron chi connectivity index (χ0n) is 16.9. The number of phenolic OH excluding ortho intramolecular Hbond substituents is 1. The molecule has 1 aliphatic rings. The van der Waals surface area contributed by atoms with E-state index in [1.54, 1.807) is 6.07 Å². The number of aryl methyl sites for hydroxylation is 2. The van der Waals surface area contributed by atoms with Gasteiger partial charge in [-0.1, -0.05) is 12.1 Å². The maximum Gasteiger partial charge on any atom is 0.239 e. The van der Waals surface area contributed by atoms with E-state index in [1.165, 1.54) is 11.3 Å². The smallest absolute Gasteiger partial charge is 0.239 e. The van der Waals surface area contributed by atoms with Crippen molar-refractivity contribution >= 4 is 17.3 Å². The number of carbonyl (C=O) groups is 1. The molecule has 2 aromatic rings. The van der Waals surface area contributed by atoms with E-state index in [1.807, 2.05) is 12.1 Å². The molecule has 0 aromatic heterocycles. The molecular weight excluding hydrogens is 350 g/mol. The predicted octanol–water partition coefficient (Wildman–Crippen LogP) is 3.49. The van der Waals surface area contributed by atoms with Gasteiger partial charge in [-0.15, -0.1) is 0 Å². The lowest BCUT2D eigenvalue weighted by Crippen LogP contribution is -2.41. The van der Waals surface area contributed by atoms with Crippen molar-refractivity contribution in [1.29, 1.82) is 0 Å². The Morgan fingerprint density at radius 2 is 2.07 bits per heavy atom. The molecule has 0 fully saturated rings. The Morgan fingerprint density at radius 1 is 1.21 bits per heavy atom. The average molecular weight is 382 g/mol. The van der Waals surface area contributed by atoms with Crippen molar-refractivity contribution in [3.8, 4) is 5.75 Å². The van der Waals surface area contributed by atoms with Gasteiger partial charge in [0.1, 0.15) is 5.75 Å². The lowest BCUT2D eigenvalue weighted by molar-refractivity contribution is -0.119. The Hall–Kier alpha value is -2.69. The fraction of sp³-hybridized carbons (Fsp3) is 0.435. The van der Waals surface area contributed by atoms with Crippen molar-refractivity contribution in [3.05, 3.63) is 53.6 Å². The topological polar surface area (TPSA) is 55.8 Å². The number of anilines is 2. The lowest BCUT2D eigenvalue weighted by atomic mass is 10.1. The third-order valence-electron chi connectivity index (χ3n) is 5.31. The fourth-order valence-electron chi connectivity index (χ4n) is 3.84. The van der Waals surface area contributed by atoms with E-state index >= 15 is 0 Å². The van der Waals surface area contributed by atoms with Gasteiger partial charge in [-0.2, -0.15) is 0 Å². The zero-order chi connectivity index (χ0) is 19.9. The quantitative estimate of drug-likeness (QED) is 0.771. The number of likely N-dealkylation sites (N-methyl/N-ethyl adjacent to an activating group) is 1. The molecule has 5 heteroatoms. The fourth-order valence-corrected chi connectivity index (χ4v) is 3.84. The van der Waals surface area contributed by atoms with Crippen LogP contribution in [0.1, 0.15) is 30.9 Å². The Balaban J connectivity index is 1.54. The molecule has 0 spiro atoms. The summed E-state index contributed by atoms with van der Waals surface area (Å²) in [5, 5.41) is 12.8. The van der Waals surface area contributed by atoms with Gasteiger partial charge in [0.05, 0.1) is 6.54 Å². The molecule has 5 nitrogen and oxygen atoms in total. The molecule has 0 atom stereocenters. The Labute approximate surface area is 168 Å². The summed E-state index contributed by atoms with van der Waals surface area (Å²) in [4.78, 5) is 16.9. The molecule has 0 bridgehead atoms. The van der Waals surface area contributed by atoms with Crippen LogP contribution in [0.25, 0.3) is 0 Å². The minimum absolute atomic E-state index is 0.0428. The monoisotopic (exact) mass is 381 g/mol. The van der Waals surface area contributed by atoms with E-state index in [0.717, 1.165) is 50.1 Å². The van der Waals surface area contributed by atoms with Crippen molar-refractivity contribution in [1.82, 2.24) is 5.32 Å². The second kappa shape index (κ2) is 9.49. The van der Waals surface area contributed by atoms with Crippen LogP contribution in [-0.4, -0.2) is 43.7 Å². The van der Waals surface area contributed by atoms with Crippen LogP contribution in [0.2, 0.25) is 0 Å². The second-order valence-corrected chi connectivity index (χ2v) is 7.46. The van der Waals surface area contributed by atoms with Crippen LogP contribution in [0, 0.1) is 6.92 Å². The Bertz CT molecular complexity index is 806. The molecule has 0 saturated carbocycles. The molecule has 1 heterocycles. The van der Waals surface area contributed by atoms with Gasteiger partial charge in [0, 0.05) is 37.6 Å². The molecule has 3 rings (SSSR count). The van der Waals surface area contributed by atoms with Crippen molar-refractivity contribution in [3.63, 3.8) is 0 Å². The summed E-state index contributed by atoms with van der Waals surface area (Å²) in [6.45, 7) is 7.77. The maximum atomic E-state index is 12.5. The molecule has 0 radical (unpaired) electrons. The summed E-state index contributed by atoms with van der Waals surface area (Å²) < 4.78 is 0. The second-order valence-electron chi connectivity index (χ2n) is 7.46. The SMILES string of the molecule is CCN(CCNC(=O)CN1CCCCc2cc(O)ccc21)c1cccc(C)c1. The van der Waals surface area contributed by atoms with E-state index in [0.29, 0.717) is 18.8 Å². The standard InChI is InChI=1S/C23H31N3O2/c1-3-25(20-9-6-7-18(2)15-20)14-12-24-23(28)17-26-13-5-4-8-19-16-21(27)10-11-22(19)26/h6-7,9-11,15-16,27H,3-5,8,12-14,17H2,1-2H3,(H,24,28). The first-order valence-corrected chi connectivity index (χ1v) is 10.2. The number of hydrogen-bond donors (Lipinski definition) is 2. The van der Waals surface area contributed by atoms with Gasteiger partial charge < -0.3 is 20.2 Å². The molecule has 1 aliphatic heterocycles.